The molecule has 5 nitrogen and oxygen atoms in total. The Balaban J connectivity index is 0.00000608. The molecule has 0 unspecified atom stereocenters. The second-order valence-electron chi connectivity index (χ2n) is 20.7. The van der Waals surface area contributed by atoms with E-state index >= 15 is 0 Å². The maximum Gasteiger partial charge on any atom is 0.184 e. The van der Waals surface area contributed by atoms with Gasteiger partial charge in [0.05, 0.1) is 13.5 Å². The number of para-hydroxylation sites is 1. The number of nitrogens with zero attached hydrogens (tertiary/aromatic N) is 4. The Hall–Kier alpha value is -5.32. The molecule has 2 atom stereocenters. The van der Waals surface area contributed by atoms with Crippen molar-refractivity contribution in [2.24, 2.45) is 0 Å². The SMILES string of the molecule is [2H]c1c([2H])c([2H])c(-c2ccc3c(c2)c2ccc(Oc4[c-]c([N@@+]56[CH-][N@@+](c7cc(C(C)(C)C)cc(C(C)(C)C)c7)(C5)c5c(C([2H])(C)C)cccc56)ccc4)[c-]c2n3-c2cc(C(C)(C)C)ccn2)c([2H])c1[2H].[Pt]. The van der Waals surface area contributed by atoms with Crippen LogP contribution in [0.1, 0.15) is 113 Å². The van der Waals surface area contributed by atoms with Crippen molar-refractivity contribution in [2.75, 3.05) is 6.67 Å². The van der Waals surface area contributed by atoms with Crippen LogP contribution in [0.4, 0.5) is 22.7 Å². The van der Waals surface area contributed by atoms with Gasteiger partial charge in [0.2, 0.25) is 0 Å². The summed E-state index contributed by atoms with van der Waals surface area (Å²) in [5, 5.41) is 1.65. The molecule has 328 valence electrons. The van der Waals surface area contributed by atoms with Gasteiger partial charge in [-0.25, -0.2) is 4.98 Å². The fourth-order valence-electron chi connectivity index (χ4n) is 9.49. The van der Waals surface area contributed by atoms with E-state index in [0.717, 1.165) is 44.5 Å². The van der Waals surface area contributed by atoms with Crippen molar-refractivity contribution in [2.45, 2.75) is 98.3 Å². The Labute approximate surface area is 403 Å². The molecule has 0 radical (unpaired) electrons. The predicted octanol–water partition coefficient (Wildman–Crippen LogP) is 15.6. The summed E-state index contributed by atoms with van der Waals surface area (Å²) in [6, 6.07) is 38.8. The van der Waals surface area contributed by atoms with Crippen molar-refractivity contribution in [1.29, 1.82) is 0 Å². The Morgan fingerprint density at radius 2 is 1.38 bits per heavy atom. The van der Waals surface area contributed by atoms with Crippen LogP contribution in [0.2, 0.25) is 0 Å². The number of aromatic nitrogens is 2. The third kappa shape index (κ3) is 7.16. The summed E-state index contributed by atoms with van der Waals surface area (Å²) in [5.41, 5.74) is 11.0. The number of pyridine rings is 1. The number of fused-ring (bicyclic) bond motifs is 3. The zero-order chi connectivity index (χ0) is 49.5. The third-order valence-corrected chi connectivity index (χ3v) is 13.0. The van der Waals surface area contributed by atoms with Crippen LogP contribution in [0, 0.1) is 18.8 Å². The summed E-state index contributed by atoms with van der Waals surface area (Å²) < 4.78 is 61.5. The zero-order valence-corrected chi connectivity index (χ0v) is 40.9. The van der Waals surface area contributed by atoms with Crippen LogP contribution in [-0.4, -0.2) is 16.2 Å². The molecule has 0 amide bonds. The molecular weight excluding hydrogens is 964 g/mol. The summed E-state index contributed by atoms with van der Waals surface area (Å²) in [6.45, 7) is 27.2. The van der Waals surface area contributed by atoms with Crippen molar-refractivity contribution in [1.82, 2.24) is 18.5 Å². The second kappa shape index (κ2) is 15.4. The summed E-state index contributed by atoms with van der Waals surface area (Å²) in [6.07, 6.45) is 1.82. The maximum absolute atomic E-state index is 9.40. The minimum Gasteiger partial charge on any atom is -0.509 e. The molecule has 3 aliphatic heterocycles. The van der Waals surface area contributed by atoms with Crippen molar-refractivity contribution in [3.8, 4) is 28.4 Å². The first kappa shape index (κ1) is 37.0. The molecule has 8 aromatic rings. The number of quaternary nitrogens is 2. The summed E-state index contributed by atoms with van der Waals surface area (Å²) >= 11 is 0. The van der Waals surface area contributed by atoms with E-state index in [9.17, 15) is 1.37 Å². The van der Waals surface area contributed by atoms with E-state index in [4.69, 9.17) is 16.6 Å². The quantitative estimate of drug-likeness (QED) is 0.117. The minimum atomic E-state index is -0.849. The topological polar surface area (TPSA) is 27.1 Å². The summed E-state index contributed by atoms with van der Waals surface area (Å²) in [5.74, 6) is 0.849. The Bertz CT molecular complexity index is 3380. The molecule has 0 saturated carbocycles. The molecule has 2 bridgehead atoms. The Morgan fingerprint density at radius 1 is 0.703 bits per heavy atom. The smallest absolute Gasteiger partial charge is 0.184 e. The van der Waals surface area contributed by atoms with Gasteiger partial charge in [0.25, 0.3) is 0 Å². The summed E-state index contributed by atoms with van der Waals surface area (Å²) in [4.78, 5) is 4.87. The van der Waals surface area contributed by atoms with Gasteiger partial charge >= 0.3 is 0 Å². The maximum atomic E-state index is 9.40. The monoisotopic (exact) mass is 1030 g/mol. The molecular formula is C58H59N4OPt-. The number of benzene rings is 6. The van der Waals surface area contributed by atoms with Crippen LogP contribution in [0.5, 0.6) is 11.5 Å². The van der Waals surface area contributed by atoms with Crippen molar-refractivity contribution >= 4 is 44.6 Å². The van der Waals surface area contributed by atoms with Crippen LogP contribution >= 0.6 is 0 Å². The first-order valence-electron chi connectivity index (χ1n) is 24.9. The van der Waals surface area contributed by atoms with E-state index in [1.54, 1.807) is 6.07 Å². The van der Waals surface area contributed by atoms with E-state index in [1.165, 1.54) is 16.8 Å². The summed E-state index contributed by atoms with van der Waals surface area (Å²) in [7, 11) is 0. The van der Waals surface area contributed by atoms with E-state index in [-0.39, 0.29) is 67.0 Å². The molecule has 6 aromatic carbocycles. The molecule has 0 aliphatic carbocycles. The molecule has 11 rings (SSSR count). The second-order valence-corrected chi connectivity index (χ2v) is 20.7. The molecule has 64 heavy (non-hydrogen) atoms. The molecule has 1 fully saturated rings. The van der Waals surface area contributed by atoms with Gasteiger partial charge in [-0.1, -0.05) is 148 Å². The zero-order valence-electron chi connectivity index (χ0n) is 44.6. The van der Waals surface area contributed by atoms with Crippen LogP contribution < -0.4 is 13.7 Å². The van der Waals surface area contributed by atoms with E-state index in [2.05, 4.69) is 134 Å². The number of hydrogen-bond acceptors (Lipinski definition) is 2. The Morgan fingerprint density at radius 3 is 2.05 bits per heavy atom. The van der Waals surface area contributed by atoms with Crippen molar-refractivity contribution in [3.63, 3.8) is 0 Å². The number of ether oxygens (including phenoxy) is 1. The average molecular weight is 1030 g/mol. The standard InChI is InChI=1S/C58H59N4O.Pt/c1-38(2)48-21-16-22-53-55(48)62(45-31-42(57(6,7)8)30-43(32-45)58(9,10)11)36-61(53,37-62)44-19-15-20-46(34-44)63-47-24-25-49-50-29-40(39-17-13-12-14-18-39)23-26-51(50)60(52(49)35-47)54-33-41(27-28-59-54)56(3,4)5;/h12-33,36,38H,37H2,1-11H3;/q-1;/t61-,62+;/m1./s1/i12D,13D,14D,17D,18D,38D;. The molecule has 3 aliphatic rings. The molecule has 0 N–H and O–H groups in total. The average Bonchev–Trinajstić information content (AvgIpc) is 3.87. The molecule has 5 heterocycles. The number of hydrogen-bond donors (Lipinski definition) is 0. The van der Waals surface area contributed by atoms with Gasteiger partial charge in [-0.05, 0) is 73.5 Å². The van der Waals surface area contributed by atoms with Crippen LogP contribution in [0.15, 0.2) is 133 Å². The largest absolute Gasteiger partial charge is 0.509 e. The van der Waals surface area contributed by atoms with Gasteiger partial charge in [0.15, 0.2) is 18.0 Å². The third-order valence-electron chi connectivity index (χ3n) is 13.0. The van der Waals surface area contributed by atoms with Crippen LogP contribution in [0.25, 0.3) is 38.8 Å². The van der Waals surface area contributed by atoms with Gasteiger partial charge in [-0.15, -0.1) is 29.7 Å². The first-order valence-corrected chi connectivity index (χ1v) is 21.9. The molecule has 6 heteroatoms. The fourth-order valence-corrected chi connectivity index (χ4v) is 9.49. The van der Waals surface area contributed by atoms with Crippen LogP contribution in [-0.2, 0) is 37.3 Å². The minimum absolute atomic E-state index is 0. The van der Waals surface area contributed by atoms with Gasteiger partial charge in [-0.3, -0.25) is 4.48 Å². The van der Waals surface area contributed by atoms with Gasteiger partial charge in [0, 0.05) is 75.1 Å². The molecule has 0 spiro atoms. The first-order chi connectivity index (χ1) is 32.2. The van der Waals surface area contributed by atoms with E-state index in [1.807, 2.05) is 62.5 Å². The van der Waals surface area contributed by atoms with Gasteiger partial charge in [0.1, 0.15) is 11.5 Å². The van der Waals surface area contributed by atoms with E-state index in [0.29, 0.717) is 44.0 Å². The van der Waals surface area contributed by atoms with Crippen LogP contribution in [0.3, 0.4) is 0 Å². The Kier molecular flexibility index (Phi) is 8.89. The van der Waals surface area contributed by atoms with Gasteiger partial charge in [-0.2, -0.15) is 12.1 Å². The molecule has 1 saturated heterocycles. The van der Waals surface area contributed by atoms with Gasteiger partial charge < -0.3 is 13.8 Å². The number of rotatable bonds is 7. The van der Waals surface area contributed by atoms with Crippen molar-refractivity contribution < 1.29 is 34.0 Å². The predicted molar refractivity (Wildman–Crippen MR) is 263 cm³/mol. The van der Waals surface area contributed by atoms with E-state index < -0.39 is 11.9 Å². The fraction of sp³-hybridized carbons (Fsp3) is 0.276. The molecule has 2 aromatic heterocycles. The van der Waals surface area contributed by atoms with Crippen molar-refractivity contribution in [3.05, 3.63) is 175 Å². The normalized spacial score (nSPS) is 19.7.